The van der Waals surface area contributed by atoms with Crippen molar-refractivity contribution in [2.75, 3.05) is 7.11 Å². The first-order valence-electron chi connectivity index (χ1n) is 8.88. The fourth-order valence-corrected chi connectivity index (χ4v) is 4.03. The molecule has 0 aliphatic carbocycles. The number of carbonyl (C=O) groups excluding carboxylic acids is 2. The van der Waals surface area contributed by atoms with Gasteiger partial charge in [-0.1, -0.05) is 61.9 Å². The van der Waals surface area contributed by atoms with E-state index < -0.39 is 0 Å². The summed E-state index contributed by atoms with van der Waals surface area (Å²) in [6, 6.07) is 15.2. The lowest BCUT2D eigenvalue weighted by atomic mass is 10.0. The largest absolute Gasteiger partial charge is 0.496 e. The molecule has 2 amide bonds. The highest BCUT2D eigenvalue weighted by Gasteiger charge is 2.39. The maximum Gasteiger partial charge on any atom is 0.268 e. The van der Waals surface area contributed by atoms with Crippen LogP contribution in [0.1, 0.15) is 30.5 Å². The number of benzene rings is 2. The molecule has 2 aromatic carbocycles. The highest BCUT2D eigenvalue weighted by Crippen LogP contribution is 2.39. The zero-order valence-electron chi connectivity index (χ0n) is 16.0. The summed E-state index contributed by atoms with van der Waals surface area (Å²) in [6.07, 6.45) is 0. The number of methoxy groups -OCH3 is 1. The molecule has 0 spiro atoms. The smallest absolute Gasteiger partial charge is 0.268 e. The van der Waals surface area contributed by atoms with Crippen LogP contribution in [0.15, 0.2) is 53.4 Å². The maximum absolute atomic E-state index is 13.2. The quantitative estimate of drug-likeness (QED) is 0.695. The first-order valence-corrected chi connectivity index (χ1v) is 9.76. The van der Waals surface area contributed by atoms with Crippen LogP contribution in [-0.2, 0) is 16.1 Å². The van der Waals surface area contributed by atoms with Gasteiger partial charge in [0, 0.05) is 10.8 Å². The van der Waals surface area contributed by atoms with Gasteiger partial charge in [-0.15, -0.1) is 11.8 Å². The zero-order valence-corrected chi connectivity index (χ0v) is 16.8. The molecule has 4 nitrogen and oxygen atoms in total. The predicted molar refractivity (Wildman–Crippen MR) is 109 cm³/mol. The third-order valence-electron chi connectivity index (χ3n) is 4.34. The van der Waals surface area contributed by atoms with Gasteiger partial charge in [-0.25, -0.2) is 0 Å². The van der Waals surface area contributed by atoms with Gasteiger partial charge >= 0.3 is 0 Å². The molecule has 1 aliphatic heterocycles. The van der Waals surface area contributed by atoms with Crippen molar-refractivity contribution in [1.29, 1.82) is 0 Å². The number of rotatable bonds is 6. The minimum atomic E-state index is -0.252. The van der Waals surface area contributed by atoms with Gasteiger partial charge in [-0.2, -0.15) is 0 Å². The number of hydrogen-bond acceptors (Lipinski definition) is 4. The summed E-state index contributed by atoms with van der Waals surface area (Å²) < 4.78 is 5.37. The number of ether oxygens (including phenoxy) is 1. The molecule has 0 unspecified atom stereocenters. The third kappa shape index (κ3) is 3.93. The summed E-state index contributed by atoms with van der Waals surface area (Å²) in [5.41, 5.74) is 3.19. The van der Waals surface area contributed by atoms with Gasteiger partial charge in [0.1, 0.15) is 5.75 Å². The molecule has 0 saturated carbocycles. The van der Waals surface area contributed by atoms with Crippen LogP contribution in [0.25, 0.3) is 5.57 Å². The van der Waals surface area contributed by atoms with E-state index in [0.717, 1.165) is 16.7 Å². The minimum Gasteiger partial charge on any atom is -0.496 e. The Labute approximate surface area is 164 Å². The summed E-state index contributed by atoms with van der Waals surface area (Å²) in [5, 5.41) is 0.198. The van der Waals surface area contributed by atoms with Crippen LogP contribution in [0.3, 0.4) is 0 Å². The third-order valence-corrected chi connectivity index (χ3v) is 5.43. The Hall–Kier alpha value is -2.53. The first-order chi connectivity index (χ1) is 12.9. The monoisotopic (exact) mass is 381 g/mol. The number of thioether (sulfide) groups is 1. The van der Waals surface area contributed by atoms with E-state index in [1.165, 1.54) is 16.7 Å². The second-order valence-electron chi connectivity index (χ2n) is 6.75. The van der Waals surface area contributed by atoms with Crippen LogP contribution in [0.4, 0.5) is 0 Å². The summed E-state index contributed by atoms with van der Waals surface area (Å²) >= 11 is 1.44. The van der Waals surface area contributed by atoms with Crippen molar-refractivity contribution in [1.82, 2.24) is 4.90 Å². The van der Waals surface area contributed by atoms with Crippen LogP contribution in [0.5, 0.6) is 5.75 Å². The van der Waals surface area contributed by atoms with Crippen molar-refractivity contribution in [3.05, 3.63) is 70.1 Å². The van der Waals surface area contributed by atoms with E-state index in [1.807, 2.05) is 69.3 Å². The van der Waals surface area contributed by atoms with Crippen molar-refractivity contribution >= 4 is 29.1 Å². The van der Waals surface area contributed by atoms with E-state index in [-0.39, 0.29) is 23.6 Å². The zero-order chi connectivity index (χ0) is 19.6. The lowest BCUT2D eigenvalue weighted by Crippen LogP contribution is -2.31. The van der Waals surface area contributed by atoms with E-state index in [0.29, 0.717) is 16.2 Å². The highest BCUT2D eigenvalue weighted by atomic mass is 32.2. The Morgan fingerprint density at radius 2 is 1.67 bits per heavy atom. The van der Waals surface area contributed by atoms with Crippen LogP contribution in [0.2, 0.25) is 0 Å². The van der Waals surface area contributed by atoms with E-state index in [4.69, 9.17) is 4.74 Å². The van der Waals surface area contributed by atoms with Crippen molar-refractivity contribution in [3.8, 4) is 5.75 Å². The number of carbonyl (C=O) groups is 2. The molecule has 0 N–H and O–H groups in total. The van der Waals surface area contributed by atoms with Gasteiger partial charge < -0.3 is 4.74 Å². The van der Waals surface area contributed by atoms with Gasteiger partial charge in [0.2, 0.25) is 0 Å². The average molecular weight is 381 g/mol. The van der Waals surface area contributed by atoms with Gasteiger partial charge in [0.15, 0.2) is 0 Å². The number of nitrogens with zero attached hydrogens (tertiary/aromatic N) is 1. The summed E-state index contributed by atoms with van der Waals surface area (Å²) in [5.74, 6) is 0.179. The molecule has 1 heterocycles. The normalized spacial score (nSPS) is 14.5. The SMILES string of the molecule is COc1ccccc1CN1C(=O)C(SC(C)C)=C(c2ccc(C)cc2)C1=O. The maximum atomic E-state index is 13.2. The summed E-state index contributed by atoms with van der Waals surface area (Å²) in [7, 11) is 1.59. The average Bonchev–Trinajstić information content (AvgIpc) is 2.87. The van der Waals surface area contributed by atoms with Gasteiger partial charge in [-0.3, -0.25) is 14.5 Å². The van der Waals surface area contributed by atoms with Crippen molar-refractivity contribution < 1.29 is 14.3 Å². The molecule has 0 atom stereocenters. The van der Waals surface area contributed by atoms with E-state index in [9.17, 15) is 9.59 Å². The Morgan fingerprint density at radius 1 is 1.00 bits per heavy atom. The predicted octanol–water partition coefficient (Wildman–Crippen LogP) is 4.43. The molecule has 140 valence electrons. The van der Waals surface area contributed by atoms with Crippen molar-refractivity contribution in [2.24, 2.45) is 0 Å². The Bertz CT molecular complexity index is 900. The van der Waals surface area contributed by atoms with Crippen LogP contribution >= 0.6 is 11.8 Å². The Kier molecular flexibility index (Phi) is 5.71. The lowest BCUT2D eigenvalue weighted by Gasteiger charge is -2.17. The van der Waals surface area contributed by atoms with Gasteiger partial charge in [-0.05, 0) is 18.6 Å². The number of amides is 2. The van der Waals surface area contributed by atoms with Gasteiger partial charge in [0.25, 0.3) is 11.8 Å². The highest BCUT2D eigenvalue weighted by molar-refractivity contribution is 8.04. The standard InChI is InChI=1S/C22H23NO3S/c1-14(2)27-20-19(16-11-9-15(3)10-12-16)21(24)23(22(20)25)13-17-7-5-6-8-18(17)26-4/h5-12,14H,13H2,1-4H3. The van der Waals surface area contributed by atoms with E-state index in [1.54, 1.807) is 7.11 Å². The number of para-hydroxylation sites is 1. The number of imide groups is 1. The van der Waals surface area contributed by atoms with E-state index in [2.05, 4.69) is 0 Å². The molecule has 0 fully saturated rings. The summed E-state index contributed by atoms with van der Waals surface area (Å²) in [6.45, 7) is 6.23. The molecule has 0 bridgehead atoms. The number of hydrogen-bond donors (Lipinski definition) is 0. The molecule has 5 heteroatoms. The molecular formula is C22H23NO3S. The van der Waals surface area contributed by atoms with Crippen molar-refractivity contribution in [2.45, 2.75) is 32.6 Å². The van der Waals surface area contributed by atoms with Crippen LogP contribution in [0, 0.1) is 6.92 Å². The van der Waals surface area contributed by atoms with Crippen LogP contribution < -0.4 is 4.74 Å². The fourth-order valence-electron chi connectivity index (χ4n) is 3.02. The molecule has 0 aromatic heterocycles. The Balaban J connectivity index is 2.00. The first kappa shape index (κ1) is 19.2. The molecule has 27 heavy (non-hydrogen) atoms. The van der Waals surface area contributed by atoms with Crippen LogP contribution in [-0.4, -0.2) is 29.1 Å². The minimum absolute atomic E-state index is 0.194. The molecular weight excluding hydrogens is 358 g/mol. The molecule has 2 aromatic rings. The van der Waals surface area contributed by atoms with Crippen molar-refractivity contribution in [3.63, 3.8) is 0 Å². The van der Waals surface area contributed by atoms with E-state index >= 15 is 0 Å². The second kappa shape index (κ2) is 8.01. The lowest BCUT2D eigenvalue weighted by molar-refractivity contribution is -0.137. The molecule has 1 aliphatic rings. The van der Waals surface area contributed by atoms with Gasteiger partial charge in [0.05, 0.1) is 24.1 Å². The fraction of sp³-hybridized carbons (Fsp3) is 0.273. The summed E-state index contributed by atoms with van der Waals surface area (Å²) in [4.78, 5) is 28.1. The topological polar surface area (TPSA) is 46.6 Å². The number of aryl methyl sites for hydroxylation is 1. The molecule has 0 radical (unpaired) electrons. The molecule has 0 saturated heterocycles. The Morgan fingerprint density at radius 3 is 2.30 bits per heavy atom. The molecule has 3 rings (SSSR count). The second-order valence-corrected chi connectivity index (χ2v) is 8.33.